The first-order chi connectivity index (χ1) is 7.27. The molecule has 0 aliphatic carbocycles. The molecule has 0 radical (unpaired) electrons. The Morgan fingerprint density at radius 3 is 1.88 bits per heavy atom. The van der Waals surface area contributed by atoms with Gasteiger partial charge in [-0.05, 0) is 12.8 Å². The molecule has 1 N–H and O–H groups in total. The molecule has 0 saturated heterocycles. The zero-order valence-electron chi connectivity index (χ0n) is 9.43. The van der Waals surface area contributed by atoms with Crippen LogP contribution in [0, 0.1) is 0 Å². The highest BCUT2D eigenvalue weighted by molar-refractivity contribution is 5.77. The Labute approximate surface area is 92.6 Å². The number of hydrogen-bond donors (Lipinski definition) is 1. The molecular formula is C10H17F3O3. The molecule has 0 aromatic carbocycles. The molecule has 0 aromatic rings. The SMILES string of the molecule is CCCC(CCC)(OCC(F)(F)F)C(=O)O. The third-order valence-corrected chi connectivity index (χ3v) is 2.21. The van der Waals surface area contributed by atoms with Crippen molar-refractivity contribution in [3.05, 3.63) is 0 Å². The van der Waals surface area contributed by atoms with Gasteiger partial charge in [-0.3, -0.25) is 0 Å². The summed E-state index contributed by atoms with van der Waals surface area (Å²) in [4.78, 5) is 11.0. The number of ether oxygens (including phenoxy) is 1. The van der Waals surface area contributed by atoms with Crippen molar-refractivity contribution in [2.24, 2.45) is 0 Å². The average Bonchev–Trinajstić information content (AvgIpc) is 2.13. The van der Waals surface area contributed by atoms with Crippen LogP contribution in [-0.2, 0) is 9.53 Å². The number of rotatable bonds is 7. The minimum atomic E-state index is -4.50. The normalized spacial score (nSPS) is 12.8. The second kappa shape index (κ2) is 6.08. The molecule has 96 valence electrons. The van der Waals surface area contributed by atoms with Crippen molar-refractivity contribution < 1.29 is 27.8 Å². The van der Waals surface area contributed by atoms with Crippen LogP contribution in [0.25, 0.3) is 0 Å². The molecule has 16 heavy (non-hydrogen) atoms. The molecule has 0 rings (SSSR count). The summed E-state index contributed by atoms with van der Waals surface area (Å²) in [7, 11) is 0. The minimum Gasteiger partial charge on any atom is -0.479 e. The van der Waals surface area contributed by atoms with Crippen molar-refractivity contribution in [3.63, 3.8) is 0 Å². The number of halogens is 3. The van der Waals surface area contributed by atoms with Gasteiger partial charge in [0.1, 0.15) is 6.61 Å². The highest BCUT2D eigenvalue weighted by Crippen LogP contribution is 2.28. The highest BCUT2D eigenvalue weighted by Gasteiger charge is 2.41. The number of carboxylic acid groups (broad SMARTS) is 1. The molecule has 0 aliphatic rings. The Kier molecular flexibility index (Phi) is 5.78. The van der Waals surface area contributed by atoms with Gasteiger partial charge in [-0.15, -0.1) is 0 Å². The first-order valence-electron chi connectivity index (χ1n) is 5.21. The van der Waals surface area contributed by atoms with Crippen LogP contribution in [0.4, 0.5) is 13.2 Å². The molecular weight excluding hydrogens is 225 g/mol. The van der Waals surface area contributed by atoms with Gasteiger partial charge in [0, 0.05) is 0 Å². The van der Waals surface area contributed by atoms with Gasteiger partial charge >= 0.3 is 12.1 Å². The van der Waals surface area contributed by atoms with Gasteiger partial charge in [-0.2, -0.15) is 13.2 Å². The fraction of sp³-hybridized carbons (Fsp3) is 0.900. The Balaban J connectivity index is 4.68. The topological polar surface area (TPSA) is 46.5 Å². The zero-order chi connectivity index (χ0) is 12.8. The lowest BCUT2D eigenvalue weighted by Crippen LogP contribution is -2.43. The fourth-order valence-corrected chi connectivity index (χ4v) is 1.57. The Hall–Kier alpha value is -0.780. The molecule has 0 bridgehead atoms. The Morgan fingerprint density at radius 2 is 1.62 bits per heavy atom. The second-order valence-corrected chi connectivity index (χ2v) is 3.70. The van der Waals surface area contributed by atoms with Crippen LogP contribution in [-0.4, -0.2) is 29.5 Å². The summed E-state index contributed by atoms with van der Waals surface area (Å²) in [5, 5.41) is 8.99. The van der Waals surface area contributed by atoms with Crippen LogP contribution in [0.15, 0.2) is 0 Å². The average molecular weight is 242 g/mol. The molecule has 0 heterocycles. The van der Waals surface area contributed by atoms with Crippen LogP contribution >= 0.6 is 0 Å². The Morgan fingerprint density at radius 1 is 1.19 bits per heavy atom. The smallest absolute Gasteiger partial charge is 0.411 e. The molecule has 0 aliphatic heterocycles. The third kappa shape index (κ3) is 4.83. The predicted molar refractivity (Wildman–Crippen MR) is 52.2 cm³/mol. The molecule has 6 heteroatoms. The van der Waals surface area contributed by atoms with Crippen molar-refractivity contribution in [2.45, 2.75) is 51.3 Å². The van der Waals surface area contributed by atoms with Gasteiger partial charge in [0.25, 0.3) is 0 Å². The van der Waals surface area contributed by atoms with E-state index in [-0.39, 0.29) is 12.8 Å². The summed E-state index contributed by atoms with van der Waals surface area (Å²) < 4.78 is 40.6. The van der Waals surface area contributed by atoms with E-state index >= 15 is 0 Å². The molecule has 0 saturated carbocycles. The monoisotopic (exact) mass is 242 g/mol. The van der Waals surface area contributed by atoms with E-state index < -0.39 is 24.4 Å². The van der Waals surface area contributed by atoms with E-state index in [1.807, 2.05) is 0 Å². The van der Waals surface area contributed by atoms with Gasteiger partial charge in [0.05, 0.1) is 0 Å². The lowest BCUT2D eigenvalue weighted by molar-refractivity contribution is -0.215. The lowest BCUT2D eigenvalue weighted by Gasteiger charge is -2.29. The van der Waals surface area contributed by atoms with E-state index in [0.29, 0.717) is 12.8 Å². The number of hydrogen-bond acceptors (Lipinski definition) is 2. The highest BCUT2D eigenvalue weighted by atomic mass is 19.4. The molecule has 0 fully saturated rings. The largest absolute Gasteiger partial charge is 0.479 e. The lowest BCUT2D eigenvalue weighted by atomic mass is 9.92. The van der Waals surface area contributed by atoms with Crippen molar-refractivity contribution in [2.75, 3.05) is 6.61 Å². The first kappa shape index (κ1) is 15.2. The molecule has 0 atom stereocenters. The maximum Gasteiger partial charge on any atom is 0.411 e. The molecule has 0 aromatic heterocycles. The van der Waals surface area contributed by atoms with Gasteiger partial charge in [0.15, 0.2) is 5.60 Å². The quantitative estimate of drug-likeness (QED) is 0.746. The minimum absolute atomic E-state index is 0.0895. The van der Waals surface area contributed by atoms with Crippen molar-refractivity contribution >= 4 is 5.97 Å². The zero-order valence-corrected chi connectivity index (χ0v) is 9.43. The van der Waals surface area contributed by atoms with Crippen molar-refractivity contribution in [1.29, 1.82) is 0 Å². The maximum absolute atomic E-state index is 12.0. The van der Waals surface area contributed by atoms with E-state index in [1.165, 1.54) is 0 Å². The molecule has 0 amide bonds. The first-order valence-corrected chi connectivity index (χ1v) is 5.21. The van der Waals surface area contributed by atoms with Crippen LogP contribution < -0.4 is 0 Å². The summed E-state index contributed by atoms with van der Waals surface area (Å²) in [6.45, 7) is 1.91. The predicted octanol–water partition coefficient (Wildman–Crippen LogP) is 2.99. The standard InChI is InChI=1S/C10H17F3O3/c1-3-5-9(6-4-2,8(14)15)16-7-10(11,12)13/h3-7H2,1-2H3,(H,14,15). The molecule has 0 spiro atoms. The molecule has 3 nitrogen and oxygen atoms in total. The van der Waals surface area contributed by atoms with Gasteiger partial charge in [-0.25, -0.2) is 4.79 Å². The summed E-state index contributed by atoms with van der Waals surface area (Å²) in [5.74, 6) is -1.32. The number of aliphatic carboxylic acids is 1. The number of alkyl halides is 3. The van der Waals surface area contributed by atoms with E-state index in [0.717, 1.165) is 0 Å². The van der Waals surface area contributed by atoms with E-state index in [1.54, 1.807) is 13.8 Å². The van der Waals surface area contributed by atoms with Crippen LogP contribution in [0.3, 0.4) is 0 Å². The van der Waals surface area contributed by atoms with E-state index in [9.17, 15) is 18.0 Å². The van der Waals surface area contributed by atoms with Crippen molar-refractivity contribution in [3.8, 4) is 0 Å². The van der Waals surface area contributed by atoms with Crippen LogP contribution in [0.2, 0.25) is 0 Å². The van der Waals surface area contributed by atoms with Gasteiger partial charge < -0.3 is 9.84 Å². The van der Waals surface area contributed by atoms with Gasteiger partial charge in [0.2, 0.25) is 0 Å². The number of carboxylic acids is 1. The summed E-state index contributed by atoms with van der Waals surface area (Å²) in [5.41, 5.74) is -1.70. The van der Waals surface area contributed by atoms with E-state index in [2.05, 4.69) is 4.74 Å². The fourth-order valence-electron chi connectivity index (χ4n) is 1.57. The summed E-state index contributed by atoms with van der Waals surface area (Å²) in [6.07, 6.45) is -3.39. The van der Waals surface area contributed by atoms with Gasteiger partial charge in [-0.1, -0.05) is 26.7 Å². The summed E-state index contributed by atoms with van der Waals surface area (Å²) in [6, 6.07) is 0. The Bertz CT molecular complexity index is 220. The van der Waals surface area contributed by atoms with E-state index in [4.69, 9.17) is 5.11 Å². The van der Waals surface area contributed by atoms with Crippen LogP contribution in [0.5, 0.6) is 0 Å². The molecule has 0 unspecified atom stereocenters. The van der Waals surface area contributed by atoms with Crippen LogP contribution in [0.1, 0.15) is 39.5 Å². The summed E-state index contributed by atoms with van der Waals surface area (Å²) >= 11 is 0. The third-order valence-electron chi connectivity index (χ3n) is 2.21. The maximum atomic E-state index is 12.0. The van der Waals surface area contributed by atoms with Crippen molar-refractivity contribution in [1.82, 2.24) is 0 Å². The number of carbonyl (C=O) groups is 1. The second-order valence-electron chi connectivity index (χ2n) is 3.70.